The van der Waals surface area contributed by atoms with E-state index in [2.05, 4.69) is 10.1 Å². The van der Waals surface area contributed by atoms with E-state index in [1.54, 1.807) is 42.6 Å². The maximum Gasteiger partial charge on any atom is 0.284 e. The lowest BCUT2D eigenvalue weighted by molar-refractivity contribution is 0.0998. The monoisotopic (exact) mass is 410 g/mol. The van der Waals surface area contributed by atoms with Gasteiger partial charge in [0, 0.05) is 16.8 Å². The maximum absolute atomic E-state index is 12.4. The second kappa shape index (κ2) is 9.98. The smallest absolute Gasteiger partial charge is 0.284 e. The molecule has 0 spiro atoms. The summed E-state index contributed by atoms with van der Waals surface area (Å²) in [7, 11) is 0. The van der Waals surface area contributed by atoms with Crippen molar-refractivity contribution in [2.75, 3.05) is 0 Å². The molecular weight excluding hydrogens is 388 g/mol. The minimum atomic E-state index is -0.815. The van der Waals surface area contributed by atoms with Gasteiger partial charge >= 0.3 is 0 Å². The first-order valence-corrected chi connectivity index (χ1v) is 10.0. The normalized spacial score (nSPS) is 13.3. The van der Waals surface area contributed by atoms with Gasteiger partial charge < -0.3 is 5.73 Å². The van der Waals surface area contributed by atoms with Gasteiger partial charge in [-0.15, -0.1) is 0 Å². The molecule has 1 aromatic carbocycles. The highest BCUT2D eigenvalue weighted by Crippen LogP contribution is 2.20. The Hall–Kier alpha value is -2.99. The van der Waals surface area contributed by atoms with Gasteiger partial charge in [-0.1, -0.05) is 62.3 Å². The zero-order valence-electron chi connectivity index (χ0n) is 16.1. The standard InChI is InChI=1S/C16H11ClN4O2.C6H12/c17-11-5-3-10(4-6-11)14-8-13(15(18)22)16(23)21(20-14)12-2-1-7-19-9-12;1-2-4-6-5-3-1/h1-9H,(H2,18,22);1-6H2. The lowest BCUT2D eigenvalue weighted by Gasteiger charge is -2.09. The molecule has 7 heteroatoms. The first-order chi connectivity index (χ1) is 14.1. The van der Waals surface area contributed by atoms with E-state index in [-0.39, 0.29) is 5.56 Å². The number of halogens is 1. The second-order valence-electron chi connectivity index (χ2n) is 6.86. The van der Waals surface area contributed by atoms with E-state index in [4.69, 9.17) is 17.3 Å². The third kappa shape index (κ3) is 5.51. The van der Waals surface area contributed by atoms with E-state index < -0.39 is 11.5 Å². The Balaban J connectivity index is 0.000000343. The molecule has 0 aliphatic heterocycles. The van der Waals surface area contributed by atoms with E-state index in [0.717, 1.165) is 4.68 Å². The number of benzene rings is 1. The molecule has 2 N–H and O–H groups in total. The number of rotatable bonds is 3. The molecule has 1 saturated carbocycles. The Labute approximate surface area is 174 Å². The van der Waals surface area contributed by atoms with Gasteiger partial charge in [0.1, 0.15) is 5.56 Å². The molecule has 1 fully saturated rings. The summed E-state index contributed by atoms with van der Waals surface area (Å²) in [6.45, 7) is 0. The summed E-state index contributed by atoms with van der Waals surface area (Å²) < 4.78 is 1.11. The number of pyridine rings is 1. The SMILES string of the molecule is C1CCCCC1.NC(=O)c1cc(-c2ccc(Cl)cc2)nn(-c2cccnc2)c1=O. The number of primary amides is 1. The molecular formula is C22H23ClN4O2. The molecule has 29 heavy (non-hydrogen) atoms. The van der Waals surface area contributed by atoms with Gasteiger partial charge in [-0.05, 0) is 30.3 Å². The Morgan fingerprint density at radius 1 is 1.00 bits per heavy atom. The Bertz CT molecular complexity index is 1000. The van der Waals surface area contributed by atoms with Crippen molar-refractivity contribution in [3.8, 4) is 16.9 Å². The molecule has 0 saturated heterocycles. The maximum atomic E-state index is 12.4. The summed E-state index contributed by atoms with van der Waals surface area (Å²) in [5.74, 6) is -0.815. The molecule has 0 radical (unpaired) electrons. The fourth-order valence-corrected chi connectivity index (χ4v) is 3.27. The number of amides is 1. The molecule has 1 aliphatic rings. The summed E-state index contributed by atoms with van der Waals surface area (Å²) in [6, 6.07) is 11.6. The van der Waals surface area contributed by atoms with Gasteiger partial charge in [0.2, 0.25) is 0 Å². The third-order valence-electron chi connectivity index (χ3n) is 4.71. The van der Waals surface area contributed by atoms with Crippen molar-refractivity contribution in [1.82, 2.24) is 14.8 Å². The van der Waals surface area contributed by atoms with Crippen LogP contribution >= 0.6 is 11.6 Å². The predicted octanol–water partition coefficient (Wildman–Crippen LogP) is 4.39. The molecule has 2 aromatic heterocycles. The number of aromatic nitrogens is 3. The quantitative estimate of drug-likeness (QED) is 0.693. The van der Waals surface area contributed by atoms with Gasteiger partial charge in [0.25, 0.3) is 11.5 Å². The number of nitrogens with zero attached hydrogens (tertiary/aromatic N) is 3. The van der Waals surface area contributed by atoms with Gasteiger partial charge in [0.15, 0.2) is 0 Å². The summed E-state index contributed by atoms with van der Waals surface area (Å²) in [5, 5.41) is 4.87. The Morgan fingerprint density at radius 2 is 1.62 bits per heavy atom. The third-order valence-corrected chi connectivity index (χ3v) is 4.96. The highest BCUT2D eigenvalue weighted by Gasteiger charge is 2.15. The van der Waals surface area contributed by atoms with E-state index in [9.17, 15) is 9.59 Å². The van der Waals surface area contributed by atoms with Crippen molar-refractivity contribution in [1.29, 1.82) is 0 Å². The fraction of sp³-hybridized carbons (Fsp3) is 0.273. The molecule has 6 nitrogen and oxygen atoms in total. The van der Waals surface area contributed by atoms with Crippen LogP contribution in [0.5, 0.6) is 0 Å². The zero-order chi connectivity index (χ0) is 20.6. The van der Waals surface area contributed by atoms with Crippen molar-refractivity contribution in [3.05, 3.63) is 75.8 Å². The molecule has 1 amide bonds. The largest absolute Gasteiger partial charge is 0.365 e. The lowest BCUT2D eigenvalue weighted by atomic mass is 10.0. The summed E-state index contributed by atoms with van der Waals surface area (Å²) in [6.07, 6.45) is 12.1. The fourth-order valence-electron chi connectivity index (χ4n) is 3.15. The average molecular weight is 411 g/mol. The molecule has 4 rings (SSSR count). The minimum absolute atomic E-state index is 0.145. The topological polar surface area (TPSA) is 90.9 Å². The highest BCUT2D eigenvalue weighted by molar-refractivity contribution is 6.30. The highest BCUT2D eigenvalue weighted by atomic mass is 35.5. The van der Waals surface area contributed by atoms with Gasteiger partial charge in [-0.2, -0.15) is 9.78 Å². The van der Waals surface area contributed by atoms with Crippen molar-refractivity contribution in [2.45, 2.75) is 38.5 Å². The first kappa shape index (κ1) is 20.7. The minimum Gasteiger partial charge on any atom is -0.365 e. The number of hydrogen-bond acceptors (Lipinski definition) is 4. The molecule has 1 aliphatic carbocycles. The predicted molar refractivity (Wildman–Crippen MR) is 114 cm³/mol. The first-order valence-electron chi connectivity index (χ1n) is 9.67. The van der Waals surface area contributed by atoms with Crippen LogP contribution < -0.4 is 11.3 Å². The van der Waals surface area contributed by atoms with E-state index >= 15 is 0 Å². The van der Waals surface area contributed by atoms with E-state index in [0.29, 0.717) is 22.0 Å². The molecule has 3 aromatic rings. The van der Waals surface area contributed by atoms with Crippen LogP contribution in [0, 0.1) is 0 Å². The number of carbonyl (C=O) groups excluding carboxylic acids is 1. The molecule has 0 bridgehead atoms. The van der Waals surface area contributed by atoms with Crippen LogP contribution in [0.1, 0.15) is 48.9 Å². The van der Waals surface area contributed by atoms with Crippen LogP contribution in [0.3, 0.4) is 0 Å². The van der Waals surface area contributed by atoms with Gasteiger partial charge in [0.05, 0.1) is 17.6 Å². The van der Waals surface area contributed by atoms with E-state index in [1.807, 2.05) is 0 Å². The van der Waals surface area contributed by atoms with Crippen LogP contribution in [0.25, 0.3) is 16.9 Å². The van der Waals surface area contributed by atoms with Crippen LogP contribution in [-0.4, -0.2) is 20.7 Å². The van der Waals surface area contributed by atoms with Gasteiger partial charge in [-0.25, -0.2) is 0 Å². The van der Waals surface area contributed by atoms with Crippen LogP contribution in [0.2, 0.25) is 5.02 Å². The second-order valence-corrected chi connectivity index (χ2v) is 7.30. The van der Waals surface area contributed by atoms with Crippen molar-refractivity contribution in [3.63, 3.8) is 0 Å². The van der Waals surface area contributed by atoms with Crippen LogP contribution in [0.15, 0.2) is 59.7 Å². The van der Waals surface area contributed by atoms with Gasteiger partial charge in [-0.3, -0.25) is 14.6 Å². The Morgan fingerprint density at radius 3 is 2.14 bits per heavy atom. The summed E-state index contributed by atoms with van der Waals surface area (Å²) >= 11 is 5.88. The Kier molecular flexibility index (Phi) is 7.14. The van der Waals surface area contributed by atoms with Crippen molar-refractivity contribution in [2.24, 2.45) is 5.73 Å². The number of hydrogen-bond donors (Lipinski definition) is 1. The van der Waals surface area contributed by atoms with Crippen LogP contribution in [0.4, 0.5) is 0 Å². The molecule has 150 valence electrons. The average Bonchev–Trinajstić information content (AvgIpc) is 2.76. The molecule has 2 heterocycles. The van der Waals surface area contributed by atoms with Crippen molar-refractivity contribution < 1.29 is 4.79 Å². The van der Waals surface area contributed by atoms with Crippen molar-refractivity contribution >= 4 is 17.5 Å². The lowest BCUT2D eigenvalue weighted by Crippen LogP contribution is -2.30. The zero-order valence-corrected chi connectivity index (χ0v) is 16.8. The number of nitrogens with two attached hydrogens (primary N) is 1. The summed E-state index contributed by atoms with van der Waals surface area (Å²) in [4.78, 5) is 27.9. The van der Waals surface area contributed by atoms with E-state index in [1.165, 1.54) is 50.8 Å². The summed E-state index contributed by atoms with van der Waals surface area (Å²) in [5.41, 5.74) is 6.15. The van der Waals surface area contributed by atoms with Crippen LogP contribution in [-0.2, 0) is 0 Å². The molecule has 0 atom stereocenters. The molecule has 0 unspecified atom stereocenters. The number of carbonyl (C=O) groups is 1.